The Morgan fingerprint density at radius 3 is 2.35 bits per heavy atom. The maximum atomic E-state index is 13.5. The molecule has 2 atom stereocenters. The maximum absolute atomic E-state index is 13.5. The maximum Gasteiger partial charge on any atom is 0.573 e. The number of ether oxygens (including phenoxy) is 1. The summed E-state index contributed by atoms with van der Waals surface area (Å²) in [6.45, 7) is 3.85. The average Bonchev–Trinajstić information content (AvgIpc) is 3.08. The molecule has 0 aliphatic heterocycles. The standard InChI is InChI=1S/C21H16F3N5O2/c1-19(2)13-7-8-20(19,17-16(13)28-14(9-25)15(10-26)29-17)18(30)27-11-3-5-12(6-4-11)31-21(22,23)24/h3-6,13H,7-8H2,1-2H3,(H,27,30)/t13-,20+/m0/s1. The van der Waals surface area contributed by atoms with Crippen LogP contribution in [0.15, 0.2) is 24.3 Å². The number of nitrogens with zero attached hydrogens (tertiary/aromatic N) is 4. The Kier molecular flexibility index (Phi) is 4.44. The summed E-state index contributed by atoms with van der Waals surface area (Å²) in [5, 5.41) is 21.4. The Bertz CT molecular complexity index is 1160. The molecule has 2 aliphatic carbocycles. The summed E-state index contributed by atoms with van der Waals surface area (Å²) in [6, 6.07) is 8.59. The average molecular weight is 427 g/mol. The zero-order chi connectivity index (χ0) is 22.6. The lowest BCUT2D eigenvalue weighted by molar-refractivity contribution is -0.274. The van der Waals surface area contributed by atoms with Crippen molar-refractivity contribution in [1.29, 1.82) is 10.5 Å². The largest absolute Gasteiger partial charge is 0.573 e. The molecule has 0 spiro atoms. The number of fused-ring (bicyclic) bond motifs is 5. The second-order valence-electron chi connectivity index (χ2n) is 8.12. The first-order chi connectivity index (χ1) is 14.5. The predicted octanol–water partition coefficient (Wildman–Crippen LogP) is 3.91. The number of benzene rings is 1. The van der Waals surface area contributed by atoms with Gasteiger partial charge in [0, 0.05) is 11.6 Å². The van der Waals surface area contributed by atoms with Gasteiger partial charge in [0.2, 0.25) is 5.91 Å². The second-order valence-corrected chi connectivity index (χ2v) is 8.12. The van der Waals surface area contributed by atoms with E-state index in [1.807, 2.05) is 26.0 Å². The number of carbonyl (C=O) groups excluding carboxylic acids is 1. The number of aromatic nitrogens is 2. The first-order valence-electron chi connectivity index (χ1n) is 9.43. The number of alkyl halides is 3. The van der Waals surface area contributed by atoms with Gasteiger partial charge in [0.1, 0.15) is 17.9 Å². The van der Waals surface area contributed by atoms with E-state index in [-0.39, 0.29) is 23.2 Å². The predicted molar refractivity (Wildman–Crippen MR) is 101 cm³/mol. The fraction of sp³-hybridized carbons (Fsp3) is 0.381. The second kappa shape index (κ2) is 6.67. The van der Waals surface area contributed by atoms with E-state index in [0.717, 1.165) is 12.1 Å². The quantitative estimate of drug-likeness (QED) is 0.795. The summed E-state index contributed by atoms with van der Waals surface area (Å²) in [6.07, 6.45) is -3.67. The van der Waals surface area contributed by atoms with Gasteiger partial charge in [-0.1, -0.05) is 13.8 Å². The van der Waals surface area contributed by atoms with Gasteiger partial charge < -0.3 is 10.1 Å². The van der Waals surface area contributed by atoms with Crippen molar-refractivity contribution in [2.45, 2.75) is 44.4 Å². The van der Waals surface area contributed by atoms with Crippen molar-refractivity contribution in [1.82, 2.24) is 9.97 Å². The van der Waals surface area contributed by atoms with Crippen LogP contribution in [-0.4, -0.2) is 22.2 Å². The van der Waals surface area contributed by atoms with Crippen LogP contribution < -0.4 is 10.1 Å². The van der Waals surface area contributed by atoms with Crippen LogP contribution >= 0.6 is 0 Å². The molecule has 2 bridgehead atoms. The molecule has 1 aromatic carbocycles. The van der Waals surface area contributed by atoms with Crippen LogP contribution in [0.3, 0.4) is 0 Å². The summed E-state index contributed by atoms with van der Waals surface area (Å²) in [5.41, 5.74) is -0.635. The van der Waals surface area contributed by atoms with Crippen molar-refractivity contribution in [3.63, 3.8) is 0 Å². The Balaban J connectivity index is 1.70. The van der Waals surface area contributed by atoms with Gasteiger partial charge >= 0.3 is 6.36 Å². The molecule has 158 valence electrons. The monoisotopic (exact) mass is 427 g/mol. The Hall–Kier alpha value is -3.66. The number of halogens is 3. The Morgan fingerprint density at radius 2 is 1.77 bits per heavy atom. The van der Waals surface area contributed by atoms with Crippen LogP contribution in [-0.2, 0) is 10.2 Å². The number of hydrogen-bond acceptors (Lipinski definition) is 6. The van der Waals surface area contributed by atoms with Crippen LogP contribution in [0.1, 0.15) is 55.4 Å². The number of nitriles is 2. The molecule has 1 saturated carbocycles. The summed E-state index contributed by atoms with van der Waals surface area (Å²) < 4.78 is 40.9. The molecule has 4 rings (SSSR count). The van der Waals surface area contributed by atoms with Crippen LogP contribution in [0.4, 0.5) is 18.9 Å². The number of hydrogen-bond donors (Lipinski definition) is 1. The molecule has 31 heavy (non-hydrogen) atoms. The minimum atomic E-state index is -4.81. The number of amides is 1. The number of carbonyl (C=O) groups is 1. The molecule has 1 amide bonds. The molecule has 0 radical (unpaired) electrons. The van der Waals surface area contributed by atoms with Crippen molar-refractivity contribution in [2.24, 2.45) is 5.41 Å². The molecule has 1 heterocycles. The molecular weight excluding hydrogens is 411 g/mol. The van der Waals surface area contributed by atoms with Gasteiger partial charge in [-0.15, -0.1) is 13.2 Å². The highest BCUT2D eigenvalue weighted by molar-refractivity contribution is 6.01. The smallest absolute Gasteiger partial charge is 0.406 e. The van der Waals surface area contributed by atoms with E-state index in [0.29, 0.717) is 29.9 Å². The molecule has 0 saturated heterocycles. The first kappa shape index (κ1) is 20.6. The molecular formula is C21H16F3N5O2. The van der Waals surface area contributed by atoms with E-state index < -0.39 is 22.9 Å². The molecule has 1 aromatic heterocycles. The molecule has 1 N–H and O–H groups in total. The van der Waals surface area contributed by atoms with Crippen LogP contribution in [0.25, 0.3) is 0 Å². The fourth-order valence-electron chi connectivity index (χ4n) is 4.90. The summed E-state index contributed by atoms with van der Waals surface area (Å²) >= 11 is 0. The van der Waals surface area contributed by atoms with E-state index in [1.54, 1.807) is 0 Å². The van der Waals surface area contributed by atoms with Crippen molar-refractivity contribution in [3.05, 3.63) is 47.0 Å². The van der Waals surface area contributed by atoms with Crippen molar-refractivity contribution in [3.8, 4) is 17.9 Å². The van der Waals surface area contributed by atoms with E-state index in [9.17, 15) is 28.5 Å². The van der Waals surface area contributed by atoms with Gasteiger partial charge in [-0.2, -0.15) is 10.5 Å². The highest BCUT2D eigenvalue weighted by Gasteiger charge is 2.68. The van der Waals surface area contributed by atoms with E-state index in [2.05, 4.69) is 20.0 Å². The minimum absolute atomic E-state index is 0.0691. The molecule has 2 aromatic rings. The van der Waals surface area contributed by atoms with E-state index in [4.69, 9.17) is 0 Å². The Morgan fingerprint density at radius 1 is 1.16 bits per heavy atom. The highest BCUT2D eigenvalue weighted by Crippen LogP contribution is 2.67. The van der Waals surface area contributed by atoms with Gasteiger partial charge in [-0.3, -0.25) is 4.79 Å². The highest BCUT2D eigenvalue weighted by atomic mass is 19.4. The zero-order valence-corrected chi connectivity index (χ0v) is 16.5. The van der Waals surface area contributed by atoms with Crippen LogP contribution in [0.2, 0.25) is 0 Å². The lowest BCUT2D eigenvalue weighted by Crippen LogP contribution is -2.46. The van der Waals surface area contributed by atoms with Crippen molar-refractivity contribution >= 4 is 11.6 Å². The topological polar surface area (TPSA) is 112 Å². The minimum Gasteiger partial charge on any atom is -0.406 e. The molecule has 1 fully saturated rings. The lowest BCUT2D eigenvalue weighted by Gasteiger charge is -2.36. The van der Waals surface area contributed by atoms with Crippen LogP contribution in [0.5, 0.6) is 5.75 Å². The SMILES string of the molecule is CC1(C)[C@H]2CC[C@]1(C(=O)Nc1ccc(OC(F)(F)F)cc1)c1nc(C#N)c(C#N)nc12. The normalized spacial score (nSPS) is 22.9. The van der Waals surface area contributed by atoms with E-state index in [1.165, 1.54) is 12.1 Å². The van der Waals surface area contributed by atoms with Gasteiger partial charge in [0.25, 0.3) is 0 Å². The zero-order valence-electron chi connectivity index (χ0n) is 16.5. The van der Waals surface area contributed by atoms with Crippen molar-refractivity contribution in [2.75, 3.05) is 5.32 Å². The number of anilines is 1. The third kappa shape index (κ3) is 2.98. The third-order valence-corrected chi connectivity index (χ3v) is 6.38. The van der Waals surface area contributed by atoms with Crippen LogP contribution in [0, 0.1) is 28.1 Å². The summed E-state index contributed by atoms with van der Waals surface area (Å²) in [5.74, 6) is -0.890. The van der Waals surface area contributed by atoms with Gasteiger partial charge in [0.15, 0.2) is 11.4 Å². The first-order valence-corrected chi connectivity index (χ1v) is 9.43. The van der Waals surface area contributed by atoms with Crippen molar-refractivity contribution < 1.29 is 22.7 Å². The number of nitrogens with one attached hydrogen (secondary N) is 1. The van der Waals surface area contributed by atoms with E-state index >= 15 is 0 Å². The van der Waals surface area contributed by atoms with Gasteiger partial charge in [0.05, 0.1) is 16.8 Å². The third-order valence-electron chi connectivity index (χ3n) is 6.38. The lowest BCUT2D eigenvalue weighted by atomic mass is 9.67. The van der Waals surface area contributed by atoms with Gasteiger partial charge in [-0.25, -0.2) is 9.97 Å². The molecule has 0 unspecified atom stereocenters. The molecule has 7 nitrogen and oxygen atoms in total. The Labute approximate surface area is 175 Å². The van der Waals surface area contributed by atoms with Gasteiger partial charge in [-0.05, 0) is 42.5 Å². The number of rotatable bonds is 3. The fourth-order valence-corrected chi connectivity index (χ4v) is 4.90. The summed E-state index contributed by atoms with van der Waals surface area (Å²) in [4.78, 5) is 22.2. The molecule has 10 heteroatoms. The molecule has 2 aliphatic rings. The summed E-state index contributed by atoms with van der Waals surface area (Å²) in [7, 11) is 0.